The first-order chi connectivity index (χ1) is 13.0. The number of carbonyl (C=O) groups excluding carboxylic acids is 2. The molecule has 1 aliphatic rings. The highest BCUT2D eigenvalue weighted by atomic mass is 32.2. The number of benzene rings is 2. The lowest BCUT2D eigenvalue weighted by Gasteiger charge is -2.14. The Labute approximate surface area is 167 Å². The largest absolute Gasteiger partial charge is 0.506 e. The number of nitrogens with zero attached hydrogens (tertiary/aromatic N) is 1. The summed E-state index contributed by atoms with van der Waals surface area (Å²) in [6.07, 6.45) is 2.73. The summed E-state index contributed by atoms with van der Waals surface area (Å²) in [5.41, 5.74) is 2.42. The Hall–Kier alpha value is -2.64. The summed E-state index contributed by atoms with van der Waals surface area (Å²) in [6, 6.07) is 14.4. The highest BCUT2D eigenvalue weighted by Gasteiger charge is 2.33. The smallest absolute Gasteiger partial charge is 0.266 e. The Kier molecular flexibility index (Phi) is 5.93. The van der Waals surface area contributed by atoms with Crippen LogP contribution in [0.3, 0.4) is 0 Å². The lowest BCUT2D eigenvalue weighted by atomic mass is 10.1. The Morgan fingerprint density at radius 1 is 1.22 bits per heavy atom. The summed E-state index contributed by atoms with van der Waals surface area (Å²) in [4.78, 5) is 26.6. The van der Waals surface area contributed by atoms with Crippen molar-refractivity contribution in [3.05, 3.63) is 64.6 Å². The number of phenolic OH excluding ortho intramolecular Hbond substituents is 1. The predicted molar refractivity (Wildman–Crippen MR) is 112 cm³/mol. The molecule has 2 N–H and O–H groups in total. The number of aryl methyl sites for hydroxylation is 1. The summed E-state index contributed by atoms with van der Waals surface area (Å²) < 4.78 is 0.337. The van der Waals surface area contributed by atoms with E-state index in [0.717, 1.165) is 12.0 Å². The normalized spacial score (nSPS) is 15.4. The van der Waals surface area contributed by atoms with Crippen LogP contribution in [0.4, 0.5) is 5.69 Å². The molecule has 1 heterocycles. The standard InChI is InChI=1S/C20H18N2O3S2/c1-2-13-7-9-14(10-8-13)11-17-19(25)22(20(26)27-17)12-18(24)21-15-5-3-4-6-16(15)23/h3-11,23H,2,12H2,1H3,(H,21,24)/b17-11-. The monoisotopic (exact) mass is 398 g/mol. The van der Waals surface area contributed by atoms with Crippen molar-refractivity contribution in [3.63, 3.8) is 0 Å². The molecular weight excluding hydrogens is 380 g/mol. The molecule has 1 fully saturated rings. The molecule has 138 valence electrons. The van der Waals surface area contributed by atoms with Crippen LogP contribution in [0.1, 0.15) is 18.1 Å². The van der Waals surface area contributed by atoms with E-state index in [2.05, 4.69) is 12.2 Å². The molecule has 5 nitrogen and oxygen atoms in total. The second-order valence-electron chi connectivity index (χ2n) is 5.93. The Bertz CT molecular complexity index is 923. The number of rotatable bonds is 5. The number of hydrogen-bond donors (Lipinski definition) is 2. The SMILES string of the molecule is CCc1ccc(/C=C2\SC(=S)N(CC(=O)Nc3ccccc3O)C2=O)cc1. The van der Waals surface area contributed by atoms with Gasteiger partial charge in [-0.2, -0.15) is 0 Å². The number of phenols is 1. The molecule has 2 aromatic rings. The molecule has 0 unspecified atom stereocenters. The van der Waals surface area contributed by atoms with Crippen LogP contribution in [0.2, 0.25) is 0 Å². The molecule has 1 saturated heterocycles. The van der Waals surface area contributed by atoms with Gasteiger partial charge in [0.05, 0.1) is 10.6 Å². The molecule has 7 heteroatoms. The summed E-state index contributed by atoms with van der Waals surface area (Å²) >= 11 is 6.43. The first kappa shape index (κ1) is 19.1. The van der Waals surface area contributed by atoms with Gasteiger partial charge in [0.25, 0.3) is 5.91 Å². The van der Waals surface area contributed by atoms with E-state index in [4.69, 9.17) is 12.2 Å². The molecule has 0 bridgehead atoms. The van der Waals surface area contributed by atoms with Crippen LogP contribution in [0.25, 0.3) is 6.08 Å². The van der Waals surface area contributed by atoms with Gasteiger partial charge in [-0.3, -0.25) is 14.5 Å². The van der Waals surface area contributed by atoms with E-state index >= 15 is 0 Å². The number of thiocarbonyl (C=S) groups is 1. The molecule has 0 aromatic heterocycles. The van der Waals surface area contributed by atoms with E-state index in [1.165, 1.54) is 28.3 Å². The van der Waals surface area contributed by atoms with Crippen LogP contribution in [0, 0.1) is 0 Å². The van der Waals surface area contributed by atoms with Gasteiger partial charge in [0, 0.05) is 0 Å². The van der Waals surface area contributed by atoms with E-state index in [1.54, 1.807) is 24.3 Å². The fourth-order valence-corrected chi connectivity index (χ4v) is 3.81. The quantitative estimate of drug-likeness (QED) is 0.456. The van der Waals surface area contributed by atoms with Gasteiger partial charge in [0.15, 0.2) is 0 Å². The van der Waals surface area contributed by atoms with E-state index in [0.29, 0.717) is 14.9 Å². The van der Waals surface area contributed by atoms with Gasteiger partial charge in [0.2, 0.25) is 5.91 Å². The van der Waals surface area contributed by atoms with Crippen LogP contribution < -0.4 is 5.32 Å². The van der Waals surface area contributed by atoms with Gasteiger partial charge in [-0.05, 0) is 35.8 Å². The van der Waals surface area contributed by atoms with E-state index < -0.39 is 5.91 Å². The third-order valence-electron chi connectivity index (χ3n) is 4.04. The highest BCUT2D eigenvalue weighted by molar-refractivity contribution is 8.26. The first-order valence-corrected chi connectivity index (χ1v) is 9.62. The van der Waals surface area contributed by atoms with Crippen LogP contribution in [-0.4, -0.2) is 32.7 Å². The van der Waals surface area contributed by atoms with Crippen molar-refractivity contribution in [2.24, 2.45) is 0 Å². The maximum Gasteiger partial charge on any atom is 0.266 e. The zero-order valence-electron chi connectivity index (χ0n) is 14.6. The number of aromatic hydroxyl groups is 1. The molecular formula is C20H18N2O3S2. The third-order valence-corrected chi connectivity index (χ3v) is 5.42. The number of hydrogen-bond acceptors (Lipinski definition) is 5. The van der Waals surface area contributed by atoms with Crippen molar-refractivity contribution in [1.29, 1.82) is 0 Å². The second kappa shape index (κ2) is 8.37. The summed E-state index contributed by atoms with van der Waals surface area (Å²) in [5.74, 6) is -0.759. The number of nitrogens with one attached hydrogen (secondary N) is 1. The minimum atomic E-state index is -0.429. The number of carbonyl (C=O) groups is 2. The maximum atomic E-state index is 12.6. The second-order valence-corrected chi connectivity index (χ2v) is 7.60. The Balaban J connectivity index is 1.69. The van der Waals surface area contributed by atoms with Crippen molar-refractivity contribution in [3.8, 4) is 5.75 Å². The molecule has 0 spiro atoms. The lowest BCUT2D eigenvalue weighted by Crippen LogP contribution is -2.36. The molecule has 27 heavy (non-hydrogen) atoms. The van der Waals surface area contributed by atoms with Gasteiger partial charge < -0.3 is 10.4 Å². The highest BCUT2D eigenvalue weighted by Crippen LogP contribution is 2.32. The fourth-order valence-electron chi connectivity index (χ4n) is 2.55. The first-order valence-electron chi connectivity index (χ1n) is 8.40. The van der Waals surface area contributed by atoms with Gasteiger partial charge in [-0.15, -0.1) is 0 Å². The fraction of sp³-hybridized carbons (Fsp3) is 0.150. The third kappa shape index (κ3) is 4.56. The average molecular weight is 399 g/mol. The molecule has 0 aliphatic carbocycles. The average Bonchev–Trinajstić information content (AvgIpc) is 2.91. The van der Waals surface area contributed by atoms with Crippen molar-refractivity contribution in [1.82, 2.24) is 4.90 Å². The van der Waals surface area contributed by atoms with E-state index in [1.807, 2.05) is 24.3 Å². The lowest BCUT2D eigenvalue weighted by molar-refractivity contribution is -0.126. The van der Waals surface area contributed by atoms with Crippen molar-refractivity contribution >= 4 is 51.9 Å². The molecule has 1 aliphatic heterocycles. The molecule has 0 atom stereocenters. The summed E-state index contributed by atoms with van der Waals surface area (Å²) in [7, 11) is 0. The van der Waals surface area contributed by atoms with Crippen LogP contribution in [-0.2, 0) is 16.0 Å². The minimum absolute atomic E-state index is 0.0355. The van der Waals surface area contributed by atoms with Gasteiger partial charge >= 0.3 is 0 Å². The molecule has 0 radical (unpaired) electrons. The Morgan fingerprint density at radius 3 is 2.59 bits per heavy atom. The van der Waals surface area contributed by atoms with E-state index in [9.17, 15) is 14.7 Å². The summed E-state index contributed by atoms with van der Waals surface area (Å²) in [6.45, 7) is 1.88. The zero-order chi connectivity index (χ0) is 19.4. The number of para-hydroxylation sites is 2. The number of amides is 2. The topological polar surface area (TPSA) is 69.6 Å². The number of anilines is 1. The molecule has 0 saturated carbocycles. The van der Waals surface area contributed by atoms with Crippen molar-refractivity contribution in [2.45, 2.75) is 13.3 Å². The Morgan fingerprint density at radius 2 is 1.93 bits per heavy atom. The van der Waals surface area contributed by atoms with E-state index in [-0.39, 0.29) is 18.2 Å². The molecule has 2 amide bonds. The summed E-state index contributed by atoms with van der Waals surface area (Å²) in [5, 5.41) is 12.3. The van der Waals surface area contributed by atoms with Crippen LogP contribution in [0.5, 0.6) is 5.75 Å². The van der Waals surface area contributed by atoms with Crippen molar-refractivity contribution in [2.75, 3.05) is 11.9 Å². The molecule has 2 aromatic carbocycles. The minimum Gasteiger partial charge on any atom is -0.506 e. The van der Waals surface area contributed by atoms with Gasteiger partial charge in [-0.1, -0.05) is 67.3 Å². The van der Waals surface area contributed by atoms with Crippen LogP contribution in [0.15, 0.2) is 53.4 Å². The van der Waals surface area contributed by atoms with Crippen molar-refractivity contribution < 1.29 is 14.7 Å². The predicted octanol–water partition coefficient (Wildman–Crippen LogP) is 3.79. The molecule has 3 rings (SSSR count). The zero-order valence-corrected chi connectivity index (χ0v) is 16.3. The van der Waals surface area contributed by atoms with Gasteiger partial charge in [-0.25, -0.2) is 0 Å². The van der Waals surface area contributed by atoms with Crippen LogP contribution >= 0.6 is 24.0 Å². The number of thioether (sulfide) groups is 1. The maximum absolute atomic E-state index is 12.6. The van der Waals surface area contributed by atoms with Gasteiger partial charge in [0.1, 0.15) is 16.6 Å².